The van der Waals surface area contributed by atoms with Crippen molar-refractivity contribution in [3.8, 4) is 0 Å². The fourth-order valence-electron chi connectivity index (χ4n) is 1.74. The summed E-state index contributed by atoms with van der Waals surface area (Å²) in [6.07, 6.45) is 0. The zero-order chi connectivity index (χ0) is 13.8. The molecule has 1 rings (SSSR count). The zero-order valence-electron chi connectivity index (χ0n) is 12.1. The maximum Gasteiger partial charge on any atom is 0.123 e. The molecule has 1 aromatic carbocycles. The first kappa shape index (κ1) is 15.1. The van der Waals surface area contributed by atoms with Crippen molar-refractivity contribution in [2.75, 3.05) is 6.54 Å². The van der Waals surface area contributed by atoms with Gasteiger partial charge in [-0.05, 0) is 57.9 Å². The molecule has 0 aromatic heterocycles. The van der Waals surface area contributed by atoms with Crippen LogP contribution in [0.3, 0.4) is 0 Å². The van der Waals surface area contributed by atoms with Gasteiger partial charge in [-0.25, -0.2) is 4.39 Å². The molecule has 0 saturated heterocycles. The standard InChI is InChI=1S/C15H25FN2/c1-11-6-13(8-14(16)7-11)10-17-12(2)9-18-15(3,4)5/h6-8,12,17-18H,9-10H2,1-5H3. The maximum absolute atomic E-state index is 13.2. The van der Waals surface area contributed by atoms with Gasteiger partial charge < -0.3 is 10.6 Å². The highest BCUT2D eigenvalue weighted by Gasteiger charge is 2.10. The van der Waals surface area contributed by atoms with E-state index in [2.05, 4.69) is 38.3 Å². The number of hydrogen-bond donors (Lipinski definition) is 2. The molecule has 0 aliphatic heterocycles. The first-order valence-electron chi connectivity index (χ1n) is 6.51. The molecule has 0 fully saturated rings. The lowest BCUT2D eigenvalue weighted by Gasteiger charge is -2.24. The van der Waals surface area contributed by atoms with Crippen LogP contribution in [0.2, 0.25) is 0 Å². The van der Waals surface area contributed by atoms with Gasteiger partial charge in [-0.3, -0.25) is 0 Å². The molecule has 0 aliphatic rings. The molecule has 2 nitrogen and oxygen atoms in total. The Morgan fingerprint density at radius 2 is 1.89 bits per heavy atom. The summed E-state index contributed by atoms with van der Waals surface area (Å²) in [7, 11) is 0. The van der Waals surface area contributed by atoms with Crippen LogP contribution in [0.25, 0.3) is 0 Å². The Hall–Kier alpha value is -0.930. The van der Waals surface area contributed by atoms with Crippen LogP contribution in [0.1, 0.15) is 38.8 Å². The van der Waals surface area contributed by atoms with E-state index in [1.54, 1.807) is 12.1 Å². The Labute approximate surface area is 110 Å². The van der Waals surface area contributed by atoms with Gasteiger partial charge in [0.1, 0.15) is 5.82 Å². The highest BCUT2D eigenvalue weighted by atomic mass is 19.1. The number of rotatable bonds is 5. The lowest BCUT2D eigenvalue weighted by molar-refractivity contribution is 0.387. The first-order chi connectivity index (χ1) is 8.26. The fourth-order valence-corrected chi connectivity index (χ4v) is 1.74. The van der Waals surface area contributed by atoms with Crippen molar-refractivity contribution in [2.45, 2.75) is 52.7 Å². The predicted molar refractivity (Wildman–Crippen MR) is 75.2 cm³/mol. The van der Waals surface area contributed by atoms with E-state index in [1.807, 2.05) is 13.0 Å². The third-order valence-corrected chi connectivity index (χ3v) is 2.70. The molecule has 18 heavy (non-hydrogen) atoms. The molecule has 2 N–H and O–H groups in total. The number of benzene rings is 1. The molecule has 0 amide bonds. The summed E-state index contributed by atoms with van der Waals surface area (Å²) in [5, 5.41) is 6.84. The lowest BCUT2D eigenvalue weighted by Crippen LogP contribution is -2.44. The van der Waals surface area contributed by atoms with Crippen LogP contribution in [0.5, 0.6) is 0 Å². The summed E-state index contributed by atoms with van der Waals surface area (Å²) in [6, 6.07) is 5.51. The molecule has 0 radical (unpaired) electrons. The van der Waals surface area contributed by atoms with E-state index in [9.17, 15) is 4.39 Å². The highest BCUT2D eigenvalue weighted by Crippen LogP contribution is 2.08. The SMILES string of the molecule is Cc1cc(F)cc(CNC(C)CNC(C)(C)C)c1. The number of nitrogens with one attached hydrogen (secondary N) is 2. The number of aryl methyl sites for hydroxylation is 1. The Kier molecular flexibility index (Phi) is 5.29. The van der Waals surface area contributed by atoms with Crippen LogP contribution in [-0.2, 0) is 6.54 Å². The topological polar surface area (TPSA) is 24.1 Å². The highest BCUT2D eigenvalue weighted by molar-refractivity contribution is 5.23. The van der Waals surface area contributed by atoms with Gasteiger partial charge >= 0.3 is 0 Å². The smallest absolute Gasteiger partial charge is 0.123 e. The van der Waals surface area contributed by atoms with Crippen molar-refractivity contribution >= 4 is 0 Å². The normalized spacial score (nSPS) is 13.7. The Balaban J connectivity index is 2.40. The summed E-state index contributed by atoms with van der Waals surface area (Å²) in [6.45, 7) is 12.1. The second-order valence-electron chi connectivity index (χ2n) is 6.05. The monoisotopic (exact) mass is 252 g/mol. The van der Waals surface area contributed by atoms with Crippen LogP contribution in [-0.4, -0.2) is 18.1 Å². The Morgan fingerprint density at radius 3 is 2.44 bits per heavy atom. The largest absolute Gasteiger partial charge is 0.311 e. The molecule has 0 saturated carbocycles. The minimum Gasteiger partial charge on any atom is -0.311 e. The van der Waals surface area contributed by atoms with Crippen molar-refractivity contribution in [2.24, 2.45) is 0 Å². The number of halogens is 1. The molecular formula is C15H25FN2. The summed E-state index contributed by atoms with van der Waals surface area (Å²) in [5.41, 5.74) is 2.09. The molecule has 0 spiro atoms. The quantitative estimate of drug-likeness (QED) is 0.842. The van der Waals surface area contributed by atoms with E-state index in [0.717, 1.165) is 17.7 Å². The van der Waals surface area contributed by atoms with Crippen molar-refractivity contribution < 1.29 is 4.39 Å². The van der Waals surface area contributed by atoms with Gasteiger partial charge in [-0.2, -0.15) is 0 Å². The van der Waals surface area contributed by atoms with E-state index < -0.39 is 0 Å². The van der Waals surface area contributed by atoms with Crippen molar-refractivity contribution in [1.29, 1.82) is 0 Å². The third kappa shape index (κ3) is 6.12. The van der Waals surface area contributed by atoms with Crippen molar-refractivity contribution in [1.82, 2.24) is 10.6 Å². The molecule has 0 heterocycles. The van der Waals surface area contributed by atoms with E-state index in [-0.39, 0.29) is 11.4 Å². The molecule has 102 valence electrons. The van der Waals surface area contributed by atoms with Crippen LogP contribution in [0.4, 0.5) is 4.39 Å². The molecular weight excluding hydrogens is 227 g/mol. The zero-order valence-corrected chi connectivity index (χ0v) is 12.1. The van der Waals surface area contributed by atoms with Crippen LogP contribution in [0.15, 0.2) is 18.2 Å². The second kappa shape index (κ2) is 6.30. The predicted octanol–water partition coefficient (Wildman–Crippen LogP) is 3.00. The van der Waals surface area contributed by atoms with Gasteiger partial charge in [0.15, 0.2) is 0 Å². The van der Waals surface area contributed by atoms with Gasteiger partial charge in [0.05, 0.1) is 0 Å². The van der Waals surface area contributed by atoms with Crippen LogP contribution in [0, 0.1) is 12.7 Å². The molecule has 1 atom stereocenters. The minimum atomic E-state index is -0.160. The average Bonchev–Trinajstić information content (AvgIpc) is 2.21. The van der Waals surface area contributed by atoms with E-state index >= 15 is 0 Å². The van der Waals surface area contributed by atoms with E-state index in [1.165, 1.54) is 0 Å². The van der Waals surface area contributed by atoms with E-state index in [0.29, 0.717) is 12.6 Å². The molecule has 3 heteroatoms. The average molecular weight is 252 g/mol. The lowest BCUT2D eigenvalue weighted by atomic mass is 10.1. The molecule has 0 bridgehead atoms. The number of hydrogen-bond acceptors (Lipinski definition) is 2. The Bertz CT molecular complexity index is 362. The molecule has 1 unspecified atom stereocenters. The Morgan fingerprint density at radius 1 is 1.22 bits per heavy atom. The fraction of sp³-hybridized carbons (Fsp3) is 0.600. The van der Waals surface area contributed by atoms with Crippen molar-refractivity contribution in [3.05, 3.63) is 35.1 Å². The van der Waals surface area contributed by atoms with Gasteiger partial charge in [-0.1, -0.05) is 6.07 Å². The summed E-state index contributed by atoms with van der Waals surface area (Å²) < 4.78 is 13.2. The van der Waals surface area contributed by atoms with E-state index in [4.69, 9.17) is 0 Å². The minimum absolute atomic E-state index is 0.130. The summed E-state index contributed by atoms with van der Waals surface area (Å²) in [5.74, 6) is -0.160. The molecule has 1 aromatic rings. The van der Waals surface area contributed by atoms with Crippen LogP contribution >= 0.6 is 0 Å². The second-order valence-corrected chi connectivity index (χ2v) is 6.05. The van der Waals surface area contributed by atoms with Gasteiger partial charge in [0.2, 0.25) is 0 Å². The van der Waals surface area contributed by atoms with Gasteiger partial charge in [0, 0.05) is 24.7 Å². The molecule has 0 aliphatic carbocycles. The summed E-state index contributed by atoms with van der Waals surface area (Å²) >= 11 is 0. The third-order valence-electron chi connectivity index (χ3n) is 2.70. The van der Waals surface area contributed by atoms with Gasteiger partial charge in [0.25, 0.3) is 0 Å². The maximum atomic E-state index is 13.2. The first-order valence-corrected chi connectivity index (χ1v) is 6.51. The summed E-state index contributed by atoms with van der Waals surface area (Å²) in [4.78, 5) is 0. The van der Waals surface area contributed by atoms with Crippen molar-refractivity contribution in [3.63, 3.8) is 0 Å². The van der Waals surface area contributed by atoms with Gasteiger partial charge in [-0.15, -0.1) is 0 Å². The van der Waals surface area contributed by atoms with Crippen LogP contribution < -0.4 is 10.6 Å².